The predicted octanol–water partition coefficient (Wildman–Crippen LogP) is 6.37. The van der Waals surface area contributed by atoms with Crippen molar-refractivity contribution in [2.45, 2.75) is 19.6 Å². The summed E-state index contributed by atoms with van der Waals surface area (Å²) in [5, 5.41) is 0. The fraction of sp³-hybridized carbons (Fsp3) is 0. The van der Waals surface area contributed by atoms with E-state index in [1.165, 1.54) is 45.9 Å². The Morgan fingerprint density at radius 1 is 0.500 bits per heavy atom. The largest absolute Gasteiger partial charge is 0.278 e. The Balaban J connectivity index is 1.53. The molecule has 0 bridgehead atoms. The summed E-state index contributed by atoms with van der Waals surface area (Å²) in [4.78, 5) is 0.975. The van der Waals surface area contributed by atoms with Gasteiger partial charge < -0.3 is 0 Å². The molecule has 0 aliphatic heterocycles. The zero-order chi connectivity index (χ0) is 25.8. The smallest absolute Gasteiger partial charge is 0.261 e. The van der Waals surface area contributed by atoms with Gasteiger partial charge in [0, 0.05) is 9.79 Å². The second kappa shape index (κ2) is 10.9. The van der Waals surface area contributed by atoms with Crippen molar-refractivity contribution >= 4 is 53.0 Å². The van der Waals surface area contributed by atoms with Gasteiger partial charge in [-0.3, -0.25) is 9.44 Å². The molecule has 0 aromatic heterocycles. The summed E-state index contributed by atoms with van der Waals surface area (Å²) in [6.45, 7) is 0. The Morgan fingerprint density at radius 3 is 1.19 bits per heavy atom. The van der Waals surface area contributed by atoms with Gasteiger partial charge >= 0.3 is 0 Å². The van der Waals surface area contributed by atoms with Crippen molar-refractivity contribution in [1.82, 2.24) is 0 Å². The van der Waals surface area contributed by atoms with Crippen LogP contribution in [0.1, 0.15) is 0 Å². The van der Waals surface area contributed by atoms with Gasteiger partial charge in [-0.25, -0.2) is 25.6 Å². The van der Waals surface area contributed by atoms with Crippen LogP contribution in [-0.4, -0.2) is 16.8 Å². The fourth-order valence-electron chi connectivity index (χ4n) is 2.97. The molecule has 0 amide bonds. The average Bonchev–Trinajstić information content (AvgIpc) is 2.84. The van der Waals surface area contributed by atoms with Crippen molar-refractivity contribution in [3.8, 4) is 0 Å². The number of nitrogens with one attached hydrogen (secondary N) is 2. The molecule has 0 saturated carbocycles. The number of sulfonamides is 2. The van der Waals surface area contributed by atoms with Crippen molar-refractivity contribution in [3.05, 3.63) is 109 Å². The maximum Gasteiger partial charge on any atom is 0.261 e. The summed E-state index contributed by atoms with van der Waals surface area (Å²) in [5.41, 5.74) is 0.618. The molecule has 0 fully saturated rings. The summed E-state index contributed by atoms with van der Waals surface area (Å²) in [6.07, 6.45) is 0. The quantitative estimate of drug-likeness (QED) is 0.230. The van der Waals surface area contributed by atoms with Gasteiger partial charge in [0.1, 0.15) is 11.6 Å². The molecule has 2 N–H and O–H groups in total. The van der Waals surface area contributed by atoms with Crippen LogP contribution in [0.2, 0.25) is 0 Å². The SMILES string of the molecule is O=S(=O)(Nc1ccccc1SSc1ccccc1NS(=O)(=O)c1ccc(F)cc1)c1ccc(F)cc1. The average molecular weight is 565 g/mol. The van der Waals surface area contributed by atoms with Gasteiger partial charge in [0.05, 0.1) is 21.2 Å². The Hall–Kier alpha value is -3.06. The summed E-state index contributed by atoms with van der Waals surface area (Å²) in [7, 11) is -5.47. The van der Waals surface area contributed by atoms with Crippen molar-refractivity contribution in [2.24, 2.45) is 0 Å². The van der Waals surface area contributed by atoms with Crippen LogP contribution in [0.25, 0.3) is 0 Å². The normalized spacial score (nSPS) is 11.7. The molecule has 36 heavy (non-hydrogen) atoms. The molecule has 12 heteroatoms. The first-order valence-corrected chi connectivity index (χ1v) is 15.3. The Labute approximate surface area is 215 Å². The molecule has 6 nitrogen and oxygen atoms in total. The van der Waals surface area contributed by atoms with Crippen LogP contribution < -0.4 is 9.44 Å². The third-order valence-electron chi connectivity index (χ3n) is 4.73. The van der Waals surface area contributed by atoms with Gasteiger partial charge in [-0.1, -0.05) is 45.9 Å². The van der Waals surface area contributed by atoms with E-state index in [4.69, 9.17) is 0 Å². The zero-order valence-electron chi connectivity index (χ0n) is 18.3. The van der Waals surface area contributed by atoms with Crippen LogP contribution in [-0.2, 0) is 20.0 Å². The number of anilines is 2. The lowest BCUT2D eigenvalue weighted by molar-refractivity contribution is 0.597. The first kappa shape index (κ1) is 26.0. The van der Waals surface area contributed by atoms with E-state index in [0.29, 0.717) is 21.2 Å². The van der Waals surface area contributed by atoms with E-state index < -0.39 is 31.7 Å². The molecule has 0 aliphatic rings. The topological polar surface area (TPSA) is 92.3 Å². The predicted molar refractivity (Wildman–Crippen MR) is 139 cm³/mol. The van der Waals surface area contributed by atoms with Crippen molar-refractivity contribution in [2.75, 3.05) is 9.44 Å². The summed E-state index contributed by atoms with van der Waals surface area (Å²) < 4.78 is 82.4. The number of para-hydroxylation sites is 2. The minimum absolute atomic E-state index is 0.0862. The van der Waals surface area contributed by atoms with Crippen molar-refractivity contribution in [3.63, 3.8) is 0 Å². The third-order valence-corrected chi connectivity index (χ3v) is 9.98. The van der Waals surface area contributed by atoms with Gasteiger partial charge in [0.2, 0.25) is 0 Å². The molecule has 0 aliphatic carbocycles. The molecule has 4 aromatic rings. The zero-order valence-corrected chi connectivity index (χ0v) is 21.5. The van der Waals surface area contributed by atoms with Gasteiger partial charge in [-0.05, 0) is 72.8 Å². The molecule has 0 atom stereocenters. The standard InChI is InChI=1S/C24H18F2N2O4S4/c25-17-9-13-19(14-10-17)35(29,30)27-21-5-1-3-7-23(21)33-34-24-8-4-2-6-22(24)28-36(31,32)20-15-11-18(26)12-16-20/h1-16,27-28H. The molecule has 0 unspecified atom stereocenters. The first-order chi connectivity index (χ1) is 17.1. The highest BCUT2D eigenvalue weighted by Crippen LogP contribution is 2.44. The molecular weight excluding hydrogens is 547 g/mol. The lowest BCUT2D eigenvalue weighted by Gasteiger charge is -2.14. The van der Waals surface area contributed by atoms with Crippen LogP contribution in [0.15, 0.2) is 117 Å². The van der Waals surface area contributed by atoms with Gasteiger partial charge in [-0.2, -0.15) is 0 Å². The van der Waals surface area contributed by atoms with E-state index in [9.17, 15) is 25.6 Å². The van der Waals surface area contributed by atoms with Gasteiger partial charge in [-0.15, -0.1) is 0 Å². The Bertz CT molecular complexity index is 1460. The molecule has 0 radical (unpaired) electrons. The molecule has 0 spiro atoms. The Kier molecular flexibility index (Phi) is 7.88. The van der Waals surface area contributed by atoms with Crippen LogP contribution in [0.5, 0.6) is 0 Å². The van der Waals surface area contributed by atoms with E-state index in [0.717, 1.165) is 24.3 Å². The molecule has 0 heterocycles. The molecule has 186 valence electrons. The second-order valence-corrected chi connectivity index (χ2v) is 12.9. The minimum atomic E-state index is -3.96. The minimum Gasteiger partial charge on any atom is -0.278 e. The van der Waals surface area contributed by atoms with E-state index in [1.54, 1.807) is 48.5 Å². The first-order valence-electron chi connectivity index (χ1n) is 10.2. The van der Waals surface area contributed by atoms with Crippen molar-refractivity contribution < 1.29 is 25.6 Å². The Morgan fingerprint density at radius 2 is 0.833 bits per heavy atom. The van der Waals surface area contributed by atoms with Crippen LogP contribution in [0.3, 0.4) is 0 Å². The number of halogens is 2. The summed E-state index contributed by atoms with van der Waals surface area (Å²) in [5.74, 6) is -1.09. The maximum absolute atomic E-state index is 13.2. The third kappa shape index (κ3) is 6.38. The summed E-state index contributed by atoms with van der Waals surface area (Å²) >= 11 is 0. The summed E-state index contributed by atoms with van der Waals surface area (Å²) in [6, 6.07) is 22.4. The van der Waals surface area contributed by atoms with Gasteiger partial charge in [0.25, 0.3) is 20.0 Å². The number of hydrogen-bond donors (Lipinski definition) is 2. The number of benzene rings is 4. The lowest BCUT2D eigenvalue weighted by Crippen LogP contribution is -2.13. The maximum atomic E-state index is 13.2. The van der Waals surface area contributed by atoms with E-state index in [-0.39, 0.29) is 9.79 Å². The van der Waals surface area contributed by atoms with Crippen molar-refractivity contribution in [1.29, 1.82) is 0 Å². The fourth-order valence-corrected chi connectivity index (χ4v) is 7.54. The van der Waals surface area contributed by atoms with E-state index in [1.807, 2.05) is 0 Å². The van der Waals surface area contributed by atoms with E-state index in [2.05, 4.69) is 9.44 Å². The highest BCUT2D eigenvalue weighted by molar-refractivity contribution is 8.76. The molecule has 0 saturated heterocycles. The van der Waals surface area contributed by atoms with Crippen LogP contribution >= 0.6 is 21.6 Å². The molecule has 4 aromatic carbocycles. The second-order valence-electron chi connectivity index (χ2n) is 7.28. The number of hydrogen-bond acceptors (Lipinski definition) is 6. The monoisotopic (exact) mass is 564 g/mol. The molecular formula is C24H18F2N2O4S4. The van der Waals surface area contributed by atoms with Gasteiger partial charge in [0.15, 0.2) is 0 Å². The highest BCUT2D eigenvalue weighted by Gasteiger charge is 2.19. The highest BCUT2D eigenvalue weighted by atomic mass is 33.1. The lowest BCUT2D eigenvalue weighted by atomic mass is 10.3. The van der Waals surface area contributed by atoms with Crippen LogP contribution in [0, 0.1) is 11.6 Å². The van der Waals surface area contributed by atoms with Crippen LogP contribution in [0.4, 0.5) is 20.2 Å². The molecule has 4 rings (SSSR count). The number of rotatable bonds is 9. The van der Waals surface area contributed by atoms with E-state index >= 15 is 0 Å².